The molecule has 8 nitrogen and oxygen atoms in total. The molecule has 1 saturated heterocycles. The van der Waals surface area contributed by atoms with Crippen LogP contribution < -0.4 is 4.90 Å². The Morgan fingerprint density at radius 3 is 2.95 bits per heavy atom. The standard InChI is InChI=1S/C11H10ClN7O/c12-9-15-10(18-3-4-20-8(5-13)6-18)17-11(16-9)19-2-1-14-7-19/h1-2,7-8H,3-4,6H2. The van der Waals surface area contributed by atoms with Gasteiger partial charge in [-0.25, -0.2) is 4.98 Å². The molecule has 1 atom stereocenters. The van der Waals surface area contributed by atoms with Crippen LogP contribution in [0.1, 0.15) is 0 Å². The fourth-order valence-corrected chi connectivity index (χ4v) is 2.02. The maximum atomic E-state index is 8.92. The Hall–Kier alpha value is -2.24. The zero-order valence-corrected chi connectivity index (χ0v) is 11.1. The number of morpholine rings is 1. The Morgan fingerprint density at radius 2 is 2.20 bits per heavy atom. The molecule has 3 heterocycles. The molecule has 0 spiro atoms. The molecular formula is C11H10ClN7O. The van der Waals surface area contributed by atoms with Crippen LogP contribution in [-0.2, 0) is 4.74 Å². The molecule has 20 heavy (non-hydrogen) atoms. The van der Waals surface area contributed by atoms with E-state index in [1.165, 1.54) is 0 Å². The van der Waals surface area contributed by atoms with Gasteiger partial charge in [0.1, 0.15) is 6.33 Å². The Balaban J connectivity index is 1.92. The SMILES string of the molecule is N#CC1CN(c2nc(Cl)nc(-n3ccnc3)n2)CCO1. The molecule has 102 valence electrons. The highest BCUT2D eigenvalue weighted by Crippen LogP contribution is 2.16. The Bertz CT molecular complexity index is 639. The molecule has 1 unspecified atom stereocenters. The van der Waals surface area contributed by atoms with Gasteiger partial charge in [-0.3, -0.25) is 4.57 Å². The van der Waals surface area contributed by atoms with Gasteiger partial charge in [0.25, 0.3) is 0 Å². The van der Waals surface area contributed by atoms with Gasteiger partial charge >= 0.3 is 0 Å². The quantitative estimate of drug-likeness (QED) is 0.792. The highest BCUT2D eigenvalue weighted by Gasteiger charge is 2.23. The summed E-state index contributed by atoms with van der Waals surface area (Å²) in [6.45, 7) is 1.45. The first-order chi connectivity index (χ1) is 9.76. The van der Waals surface area contributed by atoms with Gasteiger partial charge in [0.2, 0.25) is 17.2 Å². The third kappa shape index (κ3) is 2.54. The fraction of sp³-hybridized carbons (Fsp3) is 0.364. The molecule has 0 N–H and O–H groups in total. The van der Waals surface area contributed by atoms with Crippen molar-refractivity contribution in [2.24, 2.45) is 0 Å². The minimum atomic E-state index is -0.490. The van der Waals surface area contributed by atoms with Gasteiger partial charge in [-0.1, -0.05) is 0 Å². The van der Waals surface area contributed by atoms with Crippen LogP contribution in [0.3, 0.4) is 0 Å². The second kappa shape index (κ2) is 5.40. The molecule has 9 heteroatoms. The first kappa shape index (κ1) is 12.8. The summed E-state index contributed by atoms with van der Waals surface area (Å²) in [4.78, 5) is 18.3. The number of hydrogen-bond acceptors (Lipinski definition) is 7. The van der Waals surface area contributed by atoms with Crippen molar-refractivity contribution in [3.8, 4) is 12.0 Å². The highest BCUT2D eigenvalue weighted by molar-refractivity contribution is 6.28. The zero-order valence-electron chi connectivity index (χ0n) is 10.3. The van der Waals surface area contributed by atoms with E-state index in [1.54, 1.807) is 23.3 Å². The van der Waals surface area contributed by atoms with Crippen LogP contribution in [0.15, 0.2) is 18.7 Å². The Labute approximate surface area is 119 Å². The molecule has 0 radical (unpaired) electrons. The lowest BCUT2D eigenvalue weighted by atomic mass is 10.3. The lowest BCUT2D eigenvalue weighted by molar-refractivity contribution is 0.0758. The predicted molar refractivity (Wildman–Crippen MR) is 69.5 cm³/mol. The second-order valence-corrected chi connectivity index (χ2v) is 4.45. The minimum Gasteiger partial charge on any atom is -0.360 e. The van der Waals surface area contributed by atoms with Crippen molar-refractivity contribution in [3.63, 3.8) is 0 Å². The molecule has 1 fully saturated rings. The fourth-order valence-electron chi connectivity index (χ4n) is 1.87. The number of rotatable bonds is 2. The lowest BCUT2D eigenvalue weighted by Gasteiger charge is -2.29. The first-order valence-corrected chi connectivity index (χ1v) is 6.30. The molecule has 1 aliphatic heterocycles. The summed E-state index contributed by atoms with van der Waals surface area (Å²) in [7, 11) is 0. The monoisotopic (exact) mass is 291 g/mol. The van der Waals surface area contributed by atoms with Crippen molar-refractivity contribution in [2.75, 3.05) is 24.6 Å². The van der Waals surface area contributed by atoms with Gasteiger partial charge in [-0.05, 0) is 11.6 Å². The molecule has 0 amide bonds. The van der Waals surface area contributed by atoms with E-state index < -0.39 is 6.10 Å². The number of imidazole rings is 1. The number of anilines is 1. The van der Waals surface area contributed by atoms with E-state index in [2.05, 4.69) is 26.0 Å². The second-order valence-electron chi connectivity index (χ2n) is 4.11. The van der Waals surface area contributed by atoms with E-state index >= 15 is 0 Å². The number of aromatic nitrogens is 5. The Kier molecular flexibility index (Phi) is 3.45. The van der Waals surface area contributed by atoms with Gasteiger partial charge in [-0.2, -0.15) is 20.2 Å². The molecule has 0 aromatic carbocycles. The van der Waals surface area contributed by atoms with E-state index in [9.17, 15) is 0 Å². The van der Waals surface area contributed by atoms with Crippen LogP contribution in [0.5, 0.6) is 0 Å². The summed E-state index contributed by atoms with van der Waals surface area (Å²) in [5.74, 6) is 0.815. The smallest absolute Gasteiger partial charge is 0.241 e. The summed E-state index contributed by atoms with van der Waals surface area (Å²) in [5.41, 5.74) is 0. The summed E-state index contributed by atoms with van der Waals surface area (Å²) in [6, 6.07) is 2.08. The van der Waals surface area contributed by atoms with E-state index in [1.807, 2.05) is 4.90 Å². The lowest BCUT2D eigenvalue weighted by Crippen LogP contribution is -2.42. The van der Waals surface area contributed by atoms with Crippen molar-refractivity contribution in [1.82, 2.24) is 24.5 Å². The molecule has 0 aliphatic carbocycles. The summed E-state index contributed by atoms with van der Waals surface area (Å²) >= 11 is 5.94. The van der Waals surface area contributed by atoms with Crippen molar-refractivity contribution >= 4 is 17.5 Å². The summed E-state index contributed by atoms with van der Waals surface area (Å²) < 4.78 is 6.93. The highest BCUT2D eigenvalue weighted by atomic mass is 35.5. The molecule has 2 aromatic rings. The normalized spacial score (nSPS) is 18.8. The van der Waals surface area contributed by atoms with E-state index in [0.717, 1.165) is 0 Å². The van der Waals surface area contributed by atoms with Crippen LogP contribution in [0.2, 0.25) is 5.28 Å². The number of nitrogens with zero attached hydrogens (tertiary/aromatic N) is 7. The van der Waals surface area contributed by atoms with E-state index in [4.69, 9.17) is 21.6 Å². The topological polar surface area (TPSA) is 92.8 Å². The maximum Gasteiger partial charge on any atom is 0.241 e. The third-order valence-electron chi connectivity index (χ3n) is 2.81. The van der Waals surface area contributed by atoms with Gasteiger partial charge in [0.15, 0.2) is 6.10 Å². The molecular weight excluding hydrogens is 282 g/mol. The van der Waals surface area contributed by atoms with Gasteiger partial charge < -0.3 is 9.64 Å². The van der Waals surface area contributed by atoms with Crippen LogP contribution in [0, 0.1) is 11.3 Å². The average Bonchev–Trinajstić information content (AvgIpc) is 3.01. The third-order valence-corrected chi connectivity index (χ3v) is 2.98. The van der Waals surface area contributed by atoms with Gasteiger partial charge in [0.05, 0.1) is 19.2 Å². The van der Waals surface area contributed by atoms with Gasteiger partial charge in [-0.15, -0.1) is 0 Å². The number of nitriles is 1. The number of hydrogen-bond donors (Lipinski definition) is 0. The molecule has 3 rings (SSSR count). The van der Waals surface area contributed by atoms with Crippen molar-refractivity contribution < 1.29 is 4.74 Å². The van der Waals surface area contributed by atoms with Crippen LogP contribution in [0.25, 0.3) is 5.95 Å². The molecule has 2 aromatic heterocycles. The van der Waals surface area contributed by atoms with E-state index in [0.29, 0.717) is 31.6 Å². The summed E-state index contributed by atoms with van der Waals surface area (Å²) in [5, 5.41) is 9.02. The van der Waals surface area contributed by atoms with Crippen molar-refractivity contribution in [1.29, 1.82) is 5.26 Å². The minimum absolute atomic E-state index is 0.0960. The zero-order chi connectivity index (χ0) is 13.9. The van der Waals surface area contributed by atoms with Gasteiger partial charge in [0, 0.05) is 18.9 Å². The average molecular weight is 292 g/mol. The van der Waals surface area contributed by atoms with Crippen LogP contribution in [-0.4, -0.2) is 50.3 Å². The number of ether oxygens (including phenoxy) is 1. The van der Waals surface area contributed by atoms with Crippen LogP contribution in [0.4, 0.5) is 5.95 Å². The maximum absolute atomic E-state index is 8.92. The molecule has 1 aliphatic rings. The summed E-state index contributed by atoms with van der Waals surface area (Å²) in [6.07, 6.45) is 4.42. The molecule has 0 bridgehead atoms. The molecule has 0 saturated carbocycles. The Morgan fingerprint density at radius 1 is 1.35 bits per heavy atom. The van der Waals surface area contributed by atoms with Crippen molar-refractivity contribution in [3.05, 3.63) is 24.0 Å². The number of halogens is 1. The van der Waals surface area contributed by atoms with Crippen molar-refractivity contribution in [2.45, 2.75) is 6.10 Å². The first-order valence-electron chi connectivity index (χ1n) is 5.92. The van der Waals surface area contributed by atoms with E-state index in [-0.39, 0.29) is 5.28 Å². The van der Waals surface area contributed by atoms with Crippen LogP contribution >= 0.6 is 11.6 Å². The largest absolute Gasteiger partial charge is 0.360 e. The predicted octanol–water partition coefficient (Wildman–Crippen LogP) is 0.439.